The standard InChI is InChI=1S/C18H15Cl2N3O2S/c1-23-17(25)15(10-16(24)21-13-5-3-2-4-6-13)26-18(23)22-14-8-11(19)7-12(20)9-14/h2-9,15H,10H2,1H3,(H,21,24). The van der Waals surface area contributed by atoms with Crippen LogP contribution in [0.5, 0.6) is 0 Å². The number of carbonyl (C=O) groups excluding carboxylic acids is 2. The zero-order valence-electron chi connectivity index (χ0n) is 13.8. The second kappa shape index (κ2) is 8.12. The second-order valence-electron chi connectivity index (χ2n) is 5.64. The summed E-state index contributed by atoms with van der Waals surface area (Å²) in [5.74, 6) is -0.382. The Morgan fingerprint density at radius 2 is 1.85 bits per heavy atom. The molecule has 0 spiro atoms. The Balaban J connectivity index is 1.70. The maximum Gasteiger partial charge on any atom is 0.242 e. The van der Waals surface area contributed by atoms with Gasteiger partial charge in [-0.1, -0.05) is 53.2 Å². The molecule has 2 aromatic carbocycles. The molecule has 1 saturated heterocycles. The third-order valence-electron chi connectivity index (χ3n) is 3.64. The molecule has 8 heteroatoms. The van der Waals surface area contributed by atoms with Gasteiger partial charge in [-0.05, 0) is 30.3 Å². The summed E-state index contributed by atoms with van der Waals surface area (Å²) in [4.78, 5) is 30.5. The van der Waals surface area contributed by atoms with E-state index in [0.717, 1.165) is 0 Å². The molecule has 2 amide bonds. The van der Waals surface area contributed by atoms with Crippen LogP contribution in [0.1, 0.15) is 6.42 Å². The molecule has 0 saturated carbocycles. The predicted molar refractivity (Wildman–Crippen MR) is 107 cm³/mol. The number of halogens is 2. The molecule has 5 nitrogen and oxygen atoms in total. The fourth-order valence-corrected chi connectivity index (χ4v) is 4.08. The number of para-hydroxylation sites is 1. The summed E-state index contributed by atoms with van der Waals surface area (Å²) < 4.78 is 0. The summed E-state index contributed by atoms with van der Waals surface area (Å²) in [6.45, 7) is 0. The summed E-state index contributed by atoms with van der Waals surface area (Å²) in [5, 5.41) is 3.71. The van der Waals surface area contributed by atoms with Crippen molar-refractivity contribution in [2.45, 2.75) is 11.7 Å². The summed E-state index contributed by atoms with van der Waals surface area (Å²) in [6.07, 6.45) is 0.0675. The number of benzene rings is 2. The van der Waals surface area contributed by atoms with E-state index in [-0.39, 0.29) is 18.2 Å². The van der Waals surface area contributed by atoms with Gasteiger partial charge >= 0.3 is 0 Å². The maximum absolute atomic E-state index is 12.4. The molecule has 0 bridgehead atoms. The third kappa shape index (κ3) is 4.58. The first-order valence-electron chi connectivity index (χ1n) is 7.76. The Morgan fingerprint density at radius 3 is 2.50 bits per heavy atom. The number of anilines is 1. The number of rotatable bonds is 4. The van der Waals surface area contributed by atoms with Crippen LogP contribution in [0.15, 0.2) is 53.5 Å². The van der Waals surface area contributed by atoms with Gasteiger partial charge in [-0.25, -0.2) is 4.99 Å². The van der Waals surface area contributed by atoms with Crippen LogP contribution < -0.4 is 5.32 Å². The average molecular weight is 408 g/mol. The van der Waals surface area contributed by atoms with E-state index in [1.54, 1.807) is 37.4 Å². The molecule has 1 atom stereocenters. The minimum Gasteiger partial charge on any atom is -0.326 e. The zero-order chi connectivity index (χ0) is 18.7. The minimum absolute atomic E-state index is 0.0675. The van der Waals surface area contributed by atoms with Crippen molar-refractivity contribution in [2.24, 2.45) is 4.99 Å². The van der Waals surface area contributed by atoms with E-state index in [0.29, 0.717) is 26.6 Å². The molecule has 1 fully saturated rings. The molecule has 26 heavy (non-hydrogen) atoms. The van der Waals surface area contributed by atoms with E-state index < -0.39 is 5.25 Å². The van der Waals surface area contributed by atoms with Crippen LogP contribution in [0.25, 0.3) is 0 Å². The van der Waals surface area contributed by atoms with Crippen molar-refractivity contribution in [3.8, 4) is 0 Å². The van der Waals surface area contributed by atoms with Crippen molar-refractivity contribution in [3.63, 3.8) is 0 Å². The van der Waals surface area contributed by atoms with Gasteiger partial charge < -0.3 is 5.32 Å². The van der Waals surface area contributed by atoms with Crippen LogP contribution >= 0.6 is 35.0 Å². The zero-order valence-corrected chi connectivity index (χ0v) is 16.1. The van der Waals surface area contributed by atoms with Gasteiger partial charge in [-0.15, -0.1) is 0 Å². The monoisotopic (exact) mass is 407 g/mol. The third-order valence-corrected chi connectivity index (χ3v) is 5.31. The molecular formula is C18H15Cl2N3O2S. The number of nitrogens with one attached hydrogen (secondary N) is 1. The van der Waals surface area contributed by atoms with Crippen LogP contribution in [-0.4, -0.2) is 34.2 Å². The van der Waals surface area contributed by atoms with Crippen LogP contribution in [-0.2, 0) is 9.59 Å². The van der Waals surface area contributed by atoms with Gasteiger partial charge in [-0.3, -0.25) is 14.5 Å². The van der Waals surface area contributed by atoms with E-state index in [2.05, 4.69) is 10.3 Å². The van der Waals surface area contributed by atoms with E-state index >= 15 is 0 Å². The first kappa shape index (κ1) is 18.8. The van der Waals surface area contributed by atoms with E-state index in [1.807, 2.05) is 18.2 Å². The van der Waals surface area contributed by atoms with Crippen LogP contribution in [0.4, 0.5) is 11.4 Å². The molecule has 0 aromatic heterocycles. The minimum atomic E-state index is -0.517. The van der Waals surface area contributed by atoms with Gasteiger partial charge in [-0.2, -0.15) is 0 Å². The predicted octanol–water partition coefficient (Wildman–Crippen LogP) is 4.58. The smallest absolute Gasteiger partial charge is 0.242 e. The highest BCUT2D eigenvalue weighted by atomic mass is 35.5. The molecule has 1 aliphatic rings. The van der Waals surface area contributed by atoms with Crippen molar-refractivity contribution in [3.05, 3.63) is 58.6 Å². The number of thioether (sulfide) groups is 1. The first-order chi connectivity index (χ1) is 12.4. The molecule has 1 heterocycles. The molecule has 0 aliphatic carbocycles. The highest BCUT2D eigenvalue weighted by Gasteiger charge is 2.37. The molecule has 0 radical (unpaired) electrons. The SMILES string of the molecule is CN1C(=O)C(CC(=O)Nc2ccccc2)SC1=Nc1cc(Cl)cc(Cl)c1. The summed E-state index contributed by atoms with van der Waals surface area (Å²) in [5.41, 5.74) is 1.25. The first-order valence-corrected chi connectivity index (χ1v) is 9.40. The average Bonchev–Trinajstić information content (AvgIpc) is 2.83. The fraction of sp³-hybridized carbons (Fsp3) is 0.167. The second-order valence-corrected chi connectivity index (χ2v) is 7.69. The van der Waals surface area contributed by atoms with Crippen molar-refractivity contribution in [1.82, 2.24) is 4.90 Å². The summed E-state index contributed by atoms with van der Waals surface area (Å²) in [7, 11) is 1.63. The van der Waals surface area contributed by atoms with Crippen LogP contribution in [0.3, 0.4) is 0 Å². The Bertz CT molecular complexity index is 854. The Kier molecular flexibility index (Phi) is 5.86. The Labute approximate surface area is 165 Å². The van der Waals surface area contributed by atoms with E-state index in [1.165, 1.54) is 16.7 Å². The summed E-state index contributed by atoms with van der Waals surface area (Å²) >= 11 is 13.2. The number of amidine groups is 1. The molecule has 1 aliphatic heterocycles. The van der Waals surface area contributed by atoms with Gasteiger partial charge in [0.25, 0.3) is 0 Å². The Hall–Kier alpha value is -2.02. The lowest BCUT2D eigenvalue weighted by Crippen LogP contribution is -2.30. The maximum atomic E-state index is 12.4. The largest absolute Gasteiger partial charge is 0.326 e. The molecule has 2 aromatic rings. The van der Waals surface area contributed by atoms with Crippen LogP contribution in [0, 0.1) is 0 Å². The number of carbonyl (C=O) groups is 2. The van der Waals surface area contributed by atoms with E-state index in [9.17, 15) is 9.59 Å². The van der Waals surface area contributed by atoms with Crippen molar-refractivity contribution >= 4 is 63.3 Å². The quantitative estimate of drug-likeness (QED) is 0.806. The van der Waals surface area contributed by atoms with Gasteiger partial charge in [0.1, 0.15) is 5.25 Å². The number of aliphatic imine (C=N–C) groups is 1. The number of amides is 2. The lowest BCUT2D eigenvalue weighted by atomic mass is 10.2. The van der Waals surface area contributed by atoms with Gasteiger partial charge in [0, 0.05) is 29.2 Å². The molecule has 1 unspecified atom stereocenters. The highest BCUT2D eigenvalue weighted by molar-refractivity contribution is 8.15. The summed E-state index contributed by atoms with van der Waals surface area (Å²) in [6, 6.07) is 14.1. The van der Waals surface area contributed by atoms with Crippen molar-refractivity contribution in [2.75, 3.05) is 12.4 Å². The highest BCUT2D eigenvalue weighted by Crippen LogP contribution is 2.32. The molecule has 1 N–H and O–H groups in total. The number of nitrogens with zero attached hydrogens (tertiary/aromatic N) is 2. The van der Waals surface area contributed by atoms with Crippen molar-refractivity contribution < 1.29 is 9.59 Å². The van der Waals surface area contributed by atoms with Gasteiger partial charge in [0.2, 0.25) is 11.8 Å². The topological polar surface area (TPSA) is 61.8 Å². The van der Waals surface area contributed by atoms with Gasteiger partial charge in [0.15, 0.2) is 5.17 Å². The molecular weight excluding hydrogens is 393 g/mol. The fourth-order valence-electron chi connectivity index (χ4n) is 2.41. The normalized spacial score (nSPS) is 18.4. The number of hydrogen-bond donors (Lipinski definition) is 1. The van der Waals surface area contributed by atoms with Crippen molar-refractivity contribution in [1.29, 1.82) is 0 Å². The van der Waals surface area contributed by atoms with E-state index in [4.69, 9.17) is 23.2 Å². The lowest BCUT2D eigenvalue weighted by molar-refractivity contribution is -0.127. The molecule has 134 valence electrons. The Morgan fingerprint density at radius 1 is 1.19 bits per heavy atom. The number of hydrogen-bond acceptors (Lipinski definition) is 4. The van der Waals surface area contributed by atoms with Gasteiger partial charge in [0.05, 0.1) is 5.69 Å². The van der Waals surface area contributed by atoms with Crippen LogP contribution in [0.2, 0.25) is 10.0 Å². The molecule has 3 rings (SSSR count). The lowest BCUT2D eigenvalue weighted by Gasteiger charge is -2.09.